The van der Waals surface area contributed by atoms with Crippen molar-refractivity contribution in [3.63, 3.8) is 0 Å². The molecule has 68 valence electrons. The number of halogens is 1. The van der Waals surface area contributed by atoms with E-state index in [-0.39, 0.29) is 6.04 Å². The lowest BCUT2D eigenvalue weighted by Gasteiger charge is -2.13. The van der Waals surface area contributed by atoms with Crippen LogP contribution >= 0.6 is 22.9 Å². The second-order valence-corrected chi connectivity index (χ2v) is 4.00. The first-order valence-electron chi connectivity index (χ1n) is 3.98. The highest BCUT2D eigenvalue weighted by Gasteiger charge is 2.12. The van der Waals surface area contributed by atoms with Crippen molar-refractivity contribution in [3.05, 3.63) is 21.3 Å². The Balaban J connectivity index is 2.72. The molecule has 0 aliphatic rings. The maximum Gasteiger partial charge on any atom is 0.0568 e. The molecule has 1 heterocycles. The minimum absolute atomic E-state index is 0.211. The van der Waals surface area contributed by atoms with Gasteiger partial charge in [0.2, 0.25) is 0 Å². The van der Waals surface area contributed by atoms with Crippen molar-refractivity contribution in [2.24, 2.45) is 5.84 Å². The molecule has 0 aliphatic heterocycles. The van der Waals surface area contributed by atoms with Crippen LogP contribution < -0.4 is 11.3 Å². The van der Waals surface area contributed by atoms with Crippen molar-refractivity contribution in [3.8, 4) is 0 Å². The highest BCUT2D eigenvalue weighted by Crippen LogP contribution is 2.30. The van der Waals surface area contributed by atoms with E-state index in [1.54, 1.807) is 11.3 Å². The van der Waals surface area contributed by atoms with Crippen LogP contribution in [-0.2, 0) is 0 Å². The van der Waals surface area contributed by atoms with E-state index in [0.717, 1.165) is 22.7 Å². The fourth-order valence-electron chi connectivity index (χ4n) is 1.13. The van der Waals surface area contributed by atoms with E-state index in [4.69, 9.17) is 17.4 Å². The summed E-state index contributed by atoms with van der Waals surface area (Å²) in [6, 6.07) is 2.11. The quantitative estimate of drug-likeness (QED) is 0.585. The van der Waals surface area contributed by atoms with E-state index in [0.29, 0.717) is 0 Å². The van der Waals surface area contributed by atoms with Crippen LogP contribution in [0.4, 0.5) is 0 Å². The second-order valence-electron chi connectivity index (χ2n) is 2.64. The van der Waals surface area contributed by atoms with E-state index in [9.17, 15) is 0 Å². The van der Waals surface area contributed by atoms with Gasteiger partial charge in [0.1, 0.15) is 0 Å². The number of hydrogen-bond acceptors (Lipinski definition) is 3. The molecule has 3 N–H and O–H groups in total. The zero-order chi connectivity index (χ0) is 8.97. The lowest BCUT2D eigenvalue weighted by atomic mass is 10.1. The molecule has 0 saturated heterocycles. The van der Waals surface area contributed by atoms with Gasteiger partial charge in [-0.1, -0.05) is 24.9 Å². The van der Waals surface area contributed by atoms with Crippen LogP contribution in [0.3, 0.4) is 0 Å². The molecule has 0 amide bonds. The highest BCUT2D eigenvalue weighted by atomic mass is 35.5. The molecule has 1 aromatic heterocycles. The molecular formula is C8H13ClN2S. The van der Waals surface area contributed by atoms with Crippen molar-refractivity contribution in [1.82, 2.24) is 5.43 Å². The van der Waals surface area contributed by atoms with Gasteiger partial charge in [-0.2, -0.15) is 0 Å². The van der Waals surface area contributed by atoms with E-state index in [1.165, 1.54) is 0 Å². The Hall–Kier alpha value is -0.0900. The average molecular weight is 205 g/mol. The van der Waals surface area contributed by atoms with Crippen molar-refractivity contribution < 1.29 is 0 Å². The lowest BCUT2D eigenvalue weighted by Crippen LogP contribution is -2.27. The standard InChI is InChI=1S/C8H13ClN2S/c1-2-3-7(11-10)8-6(9)4-5-12-8/h4-5,7,11H,2-3,10H2,1H3. The topological polar surface area (TPSA) is 38.0 Å². The average Bonchev–Trinajstić information content (AvgIpc) is 2.47. The van der Waals surface area contributed by atoms with Gasteiger partial charge in [0.05, 0.1) is 11.1 Å². The van der Waals surface area contributed by atoms with Gasteiger partial charge < -0.3 is 0 Å². The van der Waals surface area contributed by atoms with Crippen molar-refractivity contribution in [1.29, 1.82) is 0 Å². The van der Waals surface area contributed by atoms with Gasteiger partial charge in [0.15, 0.2) is 0 Å². The predicted molar refractivity (Wildman–Crippen MR) is 54.3 cm³/mol. The van der Waals surface area contributed by atoms with Gasteiger partial charge in [0.25, 0.3) is 0 Å². The van der Waals surface area contributed by atoms with Gasteiger partial charge >= 0.3 is 0 Å². The second kappa shape index (κ2) is 4.82. The third kappa shape index (κ3) is 2.20. The van der Waals surface area contributed by atoms with E-state index >= 15 is 0 Å². The molecule has 0 radical (unpaired) electrons. The van der Waals surface area contributed by atoms with Crippen LogP contribution in [0.2, 0.25) is 5.02 Å². The summed E-state index contributed by atoms with van der Waals surface area (Å²) < 4.78 is 0. The van der Waals surface area contributed by atoms with Gasteiger partial charge in [0, 0.05) is 4.88 Å². The number of rotatable bonds is 4. The summed E-state index contributed by atoms with van der Waals surface area (Å²) in [5, 5.41) is 2.80. The third-order valence-corrected chi connectivity index (χ3v) is 3.21. The fraction of sp³-hybridized carbons (Fsp3) is 0.500. The minimum Gasteiger partial charge on any atom is -0.271 e. The zero-order valence-corrected chi connectivity index (χ0v) is 8.58. The van der Waals surface area contributed by atoms with E-state index < -0.39 is 0 Å². The highest BCUT2D eigenvalue weighted by molar-refractivity contribution is 7.10. The molecule has 12 heavy (non-hydrogen) atoms. The van der Waals surface area contributed by atoms with Crippen LogP contribution in [0.1, 0.15) is 30.7 Å². The molecule has 1 unspecified atom stereocenters. The first-order valence-corrected chi connectivity index (χ1v) is 5.24. The summed E-state index contributed by atoms with van der Waals surface area (Å²) in [6.07, 6.45) is 2.12. The SMILES string of the molecule is CCCC(NN)c1sccc1Cl. The number of hydrazine groups is 1. The van der Waals surface area contributed by atoms with Crippen LogP contribution in [0.25, 0.3) is 0 Å². The van der Waals surface area contributed by atoms with Crippen molar-refractivity contribution in [2.45, 2.75) is 25.8 Å². The first kappa shape index (κ1) is 9.99. The number of thiophene rings is 1. The van der Waals surface area contributed by atoms with Crippen LogP contribution in [-0.4, -0.2) is 0 Å². The zero-order valence-electron chi connectivity index (χ0n) is 7.01. The normalized spacial score (nSPS) is 13.2. The summed E-state index contributed by atoms with van der Waals surface area (Å²) in [5.41, 5.74) is 2.77. The summed E-state index contributed by atoms with van der Waals surface area (Å²) in [6.45, 7) is 2.13. The summed E-state index contributed by atoms with van der Waals surface area (Å²) in [5.74, 6) is 5.42. The summed E-state index contributed by atoms with van der Waals surface area (Å²) in [4.78, 5) is 1.14. The molecule has 1 aromatic rings. The molecule has 0 saturated carbocycles. The maximum atomic E-state index is 5.96. The van der Waals surface area contributed by atoms with E-state index in [1.807, 2.05) is 11.4 Å². The van der Waals surface area contributed by atoms with Crippen molar-refractivity contribution >= 4 is 22.9 Å². The predicted octanol–water partition coefficient (Wildman–Crippen LogP) is 2.71. The van der Waals surface area contributed by atoms with Crippen LogP contribution in [0, 0.1) is 0 Å². The Labute approximate surface area is 81.7 Å². The third-order valence-electron chi connectivity index (χ3n) is 1.74. The number of hydrogen-bond donors (Lipinski definition) is 2. The molecule has 1 rings (SSSR count). The van der Waals surface area contributed by atoms with Crippen molar-refractivity contribution in [2.75, 3.05) is 0 Å². The molecule has 0 aromatic carbocycles. The fourth-order valence-corrected chi connectivity index (χ4v) is 2.42. The Morgan fingerprint density at radius 3 is 2.92 bits per heavy atom. The smallest absolute Gasteiger partial charge is 0.0568 e. The molecule has 0 spiro atoms. The Morgan fingerprint density at radius 1 is 1.75 bits per heavy atom. The van der Waals surface area contributed by atoms with Crippen LogP contribution in [0.15, 0.2) is 11.4 Å². The number of nitrogens with one attached hydrogen (secondary N) is 1. The monoisotopic (exact) mass is 204 g/mol. The molecular weight excluding hydrogens is 192 g/mol. The molecule has 2 nitrogen and oxygen atoms in total. The Bertz CT molecular complexity index is 237. The van der Waals surface area contributed by atoms with Gasteiger partial charge in [-0.25, -0.2) is 0 Å². The summed E-state index contributed by atoms with van der Waals surface area (Å²) >= 11 is 7.61. The van der Waals surface area contributed by atoms with Gasteiger partial charge in [-0.3, -0.25) is 11.3 Å². The first-order chi connectivity index (χ1) is 5.79. The largest absolute Gasteiger partial charge is 0.271 e. The molecule has 4 heteroatoms. The number of nitrogens with two attached hydrogens (primary N) is 1. The summed E-state index contributed by atoms with van der Waals surface area (Å²) in [7, 11) is 0. The van der Waals surface area contributed by atoms with Gasteiger partial charge in [-0.05, 0) is 17.9 Å². The van der Waals surface area contributed by atoms with Gasteiger partial charge in [-0.15, -0.1) is 11.3 Å². The Kier molecular flexibility index (Phi) is 4.01. The molecule has 0 bridgehead atoms. The minimum atomic E-state index is 0.211. The van der Waals surface area contributed by atoms with Crippen LogP contribution in [0.5, 0.6) is 0 Å². The molecule has 0 aliphatic carbocycles. The lowest BCUT2D eigenvalue weighted by molar-refractivity contribution is 0.518. The van der Waals surface area contributed by atoms with E-state index in [2.05, 4.69) is 12.3 Å². The molecule has 1 atom stereocenters. The maximum absolute atomic E-state index is 5.96. The molecule has 0 fully saturated rings. The Morgan fingerprint density at radius 2 is 2.50 bits per heavy atom.